The zero-order valence-corrected chi connectivity index (χ0v) is 13.1. The number of hydrogen-bond acceptors (Lipinski definition) is 2. The molecule has 0 spiro atoms. The van der Waals surface area contributed by atoms with Crippen LogP contribution in [0.4, 0.5) is 10.1 Å². The van der Waals surface area contributed by atoms with Crippen molar-refractivity contribution in [1.82, 2.24) is 5.32 Å². The second-order valence-electron chi connectivity index (χ2n) is 5.01. The lowest BCUT2D eigenvalue weighted by Gasteiger charge is -2.21. The van der Waals surface area contributed by atoms with Gasteiger partial charge in [-0.2, -0.15) is 0 Å². The highest BCUT2D eigenvalue weighted by atomic mass is 35.5. The van der Waals surface area contributed by atoms with Gasteiger partial charge in [-0.1, -0.05) is 42.8 Å². The van der Waals surface area contributed by atoms with Crippen molar-refractivity contribution in [3.63, 3.8) is 0 Å². The summed E-state index contributed by atoms with van der Waals surface area (Å²) in [4.78, 5) is 1.87. The van der Waals surface area contributed by atoms with E-state index in [9.17, 15) is 4.39 Å². The first-order chi connectivity index (χ1) is 10.1. The maximum absolute atomic E-state index is 14.2. The average molecular weight is 307 g/mol. The second-order valence-corrected chi connectivity index (χ2v) is 5.42. The Balaban J connectivity index is 2.12. The summed E-state index contributed by atoms with van der Waals surface area (Å²) in [6, 6.07) is 13.0. The molecule has 2 nitrogen and oxygen atoms in total. The van der Waals surface area contributed by atoms with Crippen LogP contribution >= 0.6 is 11.6 Å². The van der Waals surface area contributed by atoms with E-state index in [-0.39, 0.29) is 5.82 Å². The summed E-state index contributed by atoms with van der Waals surface area (Å²) in [5.74, 6) is -0.208. The third-order valence-corrected chi connectivity index (χ3v) is 3.74. The summed E-state index contributed by atoms with van der Waals surface area (Å²) in [7, 11) is 1.87. The van der Waals surface area contributed by atoms with Crippen LogP contribution in [0.15, 0.2) is 42.5 Å². The molecular weight excluding hydrogens is 287 g/mol. The molecule has 21 heavy (non-hydrogen) atoms. The predicted octanol–water partition coefficient (Wildman–Crippen LogP) is 4.23. The minimum Gasteiger partial charge on any atom is -0.368 e. The van der Waals surface area contributed by atoms with E-state index in [1.54, 1.807) is 6.07 Å². The fourth-order valence-electron chi connectivity index (χ4n) is 2.21. The molecule has 0 fully saturated rings. The van der Waals surface area contributed by atoms with Crippen LogP contribution in [0.25, 0.3) is 0 Å². The van der Waals surface area contributed by atoms with Gasteiger partial charge in [0.15, 0.2) is 0 Å². The minimum absolute atomic E-state index is 0.208. The van der Waals surface area contributed by atoms with Gasteiger partial charge >= 0.3 is 0 Å². The summed E-state index contributed by atoms with van der Waals surface area (Å²) in [5, 5.41) is 3.89. The van der Waals surface area contributed by atoms with Gasteiger partial charge in [-0.15, -0.1) is 0 Å². The molecule has 112 valence electrons. The number of benzene rings is 2. The van der Waals surface area contributed by atoms with E-state index in [4.69, 9.17) is 11.6 Å². The van der Waals surface area contributed by atoms with Gasteiger partial charge in [0, 0.05) is 25.2 Å². The van der Waals surface area contributed by atoms with Gasteiger partial charge in [0.2, 0.25) is 0 Å². The van der Waals surface area contributed by atoms with Crippen LogP contribution in [0, 0.1) is 5.82 Å². The summed E-state index contributed by atoms with van der Waals surface area (Å²) in [6.07, 6.45) is 0. The molecule has 0 aliphatic rings. The molecule has 2 aromatic carbocycles. The molecule has 0 bridgehead atoms. The normalized spacial score (nSPS) is 10.7. The monoisotopic (exact) mass is 306 g/mol. The van der Waals surface area contributed by atoms with Crippen molar-refractivity contribution in [1.29, 1.82) is 0 Å². The van der Waals surface area contributed by atoms with Gasteiger partial charge in [-0.3, -0.25) is 0 Å². The highest BCUT2D eigenvalue weighted by Crippen LogP contribution is 2.23. The van der Waals surface area contributed by atoms with Crippen LogP contribution in [0.5, 0.6) is 0 Å². The van der Waals surface area contributed by atoms with Gasteiger partial charge in [-0.05, 0) is 35.9 Å². The molecule has 0 saturated heterocycles. The van der Waals surface area contributed by atoms with Crippen LogP contribution in [0.1, 0.15) is 18.1 Å². The van der Waals surface area contributed by atoms with Crippen molar-refractivity contribution in [3.05, 3.63) is 64.4 Å². The van der Waals surface area contributed by atoms with E-state index < -0.39 is 0 Å². The van der Waals surface area contributed by atoms with Crippen LogP contribution in [-0.2, 0) is 13.1 Å². The zero-order valence-electron chi connectivity index (χ0n) is 12.4. The lowest BCUT2D eigenvalue weighted by atomic mass is 10.1. The lowest BCUT2D eigenvalue weighted by Crippen LogP contribution is -2.18. The highest BCUT2D eigenvalue weighted by Gasteiger charge is 2.10. The van der Waals surface area contributed by atoms with Crippen molar-refractivity contribution >= 4 is 17.3 Å². The molecule has 0 atom stereocenters. The van der Waals surface area contributed by atoms with E-state index >= 15 is 0 Å². The number of hydrogen-bond donors (Lipinski definition) is 1. The Morgan fingerprint density at radius 2 is 1.95 bits per heavy atom. The maximum Gasteiger partial charge on any atom is 0.146 e. The van der Waals surface area contributed by atoms with E-state index in [0.29, 0.717) is 23.8 Å². The summed E-state index contributed by atoms with van der Waals surface area (Å²) in [6.45, 7) is 4.16. The second kappa shape index (κ2) is 7.43. The highest BCUT2D eigenvalue weighted by molar-refractivity contribution is 6.31. The van der Waals surface area contributed by atoms with Crippen LogP contribution in [0.3, 0.4) is 0 Å². The molecule has 0 aliphatic heterocycles. The van der Waals surface area contributed by atoms with Crippen LogP contribution < -0.4 is 10.2 Å². The number of nitrogens with zero attached hydrogens (tertiary/aromatic N) is 1. The standard InChI is InChI=1S/C17H20ClFN2/c1-3-20-11-13-8-9-17(16(19)10-13)21(2)12-14-6-4-5-7-15(14)18/h4-10,20H,3,11-12H2,1-2H3. The SMILES string of the molecule is CCNCc1ccc(N(C)Cc2ccccc2Cl)c(F)c1. The van der Waals surface area contributed by atoms with Gasteiger partial charge < -0.3 is 10.2 Å². The molecule has 1 N–H and O–H groups in total. The first kappa shape index (κ1) is 15.8. The number of nitrogens with one attached hydrogen (secondary N) is 1. The smallest absolute Gasteiger partial charge is 0.146 e. The number of halogens is 2. The third-order valence-electron chi connectivity index (χ3n) is 3.37. The maximum atomic E-state index is 14.2. The fourth-order valence-corrected chi connectivity index (χ4v) is 2.40. The zero-order chi connectivity index (χ0) is 15.2. The molecule has 0 saturated carbocycles. The Morgan fingerprint density at radius 3 is 2.62 bits per heavy atom. The van der Waals surface area contributed by atoms with Gasteiger partial charge in [0.1, 0.15) is 5.82 Å². The molecule has 0 heterocycles. The van der Waals surface area contributed by atoms with Gasteiger partial charge in [0.25, 0.3) is 0 Å². The Labute approximate surface area is 130 Å². The molecule has 0 radical (unpaired) electrons. The quantitative estimate of drug-likeness (QED) is 0.859. The van der Waals surface area contributed by atoms with E-state index in [1.165, 1.54) is 0 Å². The van der Waals surface area contributed by atoms with Crippen molar-refractivity contribution in [2.75, 3.05) is 18.5 Å². The topological polar surface area (TPSA) is 15.3 Å². The fraction of sp³-hybridized carbons (Fsp3) is 0.294. The number of anilines is 1. The summed E-state index contributed by atoms with van der Waals surface area (Å²) < 4.78 is 14.2. The van der Waals surface area contributed by atoms with Gasteiger partial charge in [0.05, 0.1) is 5.69 Å². The summed E-state index contributed by atoms with van der Waals surface area (Å²) in [5.41, 5.74) is 2.51. The van der Waals surface area contributed by atoms with Crippen molar-refractivity contribution < 1.29 is 4.39 Å². The van der Waals surface area contributed by atoms with E-state index in [1.807, 2.05) is 55.3 Å². The molecule has 0 aliphatic carbocycles. The predicted molar refractivity (Wildman–Crippen MR) is 87.3 cm³/mol. The molecule has 0 unspecified atom stereocenters. The first-order valence-corrected chi connectivity index (χ1v) is 7.43. The van der Waals surface area contributed by atoms with Gasteiger partial charge in [-0.25, -0.2) is 4.39 Å². The molecule has 0 amide bonds. The Hall–Kier alpha value is -1.58. The van der Waals surface area contributed by atoms with Crippen molar-refractivity contribution in [3.8, 4) is 0 Å². The van der Waals surface area contributed by atoms with Crippen molar-refractivity contribution in [2.24, 2.45) is 0 Å². The largest absolute Gasteiger partial charge is 0.368 e. The molecule has 2 aromatic rings. The molecular formula is C17H20ClFN2. The Morgan fingerprint density at radius 1 is 1.19 bits per heavy atom. The number of rotatable bonds is 6. The van der Waals surface area contributed by atoms with Crippen LogP contribution in [0.2, 0.25) is 5.02 Å². The minimum atomic E-state index is -0.208. The Kier molecular flexibility index (Phi) is 5.59. The summed E-state index contributed by atoms with van der Waals surface area (Å²) >= 11 is 6.15. The average Bonchev–Trinajstić information content (AvgIpc) is 2.47. The third kappa shape index (κ3) is 4.19. The molecule has 2 rings (SSSR count). The molecule has 4 heteroatoms. The van der Waals surface area contributed by atoms with E-state index in [0.717, 1.165) is 17.7 Å². The Bertz CT molecular complexity index is 601. The van der Waals surface area contributed by atoms with E-state index in [2.05, 4.69) is 5.32 Å². The van der Waals surface area contributed by atoms with Crippen molar-refractivity contribution in [2.45, 2.75) is 20.0 Å². The first-order valence-electron chi connectivity index (χ1n) is 7.05. The van der Waals surface area contributed by atoms with Crippen LogP contribution in [-0.4, -0.2) is 13.6 Å². The lowest BCUT2D eigenvalue weighted by molar-refractivity contribution is 0.616. The molecule has 0 aromatic heterocycles.